The third kappa shape index (κ3) is 1.42. The fourth-order valence-corrected chi connectivity index (χ4v) is 2.91. The Kier molecular flexibility index (Phi) is 2.31. The highest BCUT2D eigenvalue weighted by Gasteiger charge is 2.24. The second-order valence-corrected chi connectivity index (χ2v) is 4.74. The molecule has 1 aliphatic heterocycles. The summed E-state index contributed by atoms with van der Waals surface area (Å²) in [5.41, 5.74) is 1.41. The van der Waals surface area contributed by atoms with E-state index in [-0.39, 0.29) is 0 Å². The van der Waals surface area contributed by atoms with E-state index in [1.54, 1.807) is 0 Å². The highest BCUT2D eigenvalue weighted by Crippen LogP contribution is 2.39. The van der Waals surface area contributed by atoms with Gasteiger partial charge in [-0.15, -0.1) is 0 Å². The molecule has 0 bridgehead atoms. The molecule has 0 saturated carbocycles. The van der Waals surface area contributed by atoms with Crippen molar-refractivity contribution in [3.8, 4) is 5.75 Å². The van der Waals surface area contributed by atoms with Gasteiger partial charge in [-0.3, -0.25) is 0 Å². The zero-order valence-corrected chi connectivity index (χ0v) is 10.4. The molecule has 2 aromatic carbocycles. The van der Waals surface area contributed by atoms with Gasteiger partial charge in [0.15, 0.2) is 0 Å². The summed E-state index contributed by atoms with van der Waals surface area (Å²) in [4.78, 5) is 0. The molecule has 0 spiro atoms. The summed E-state index contributed by atoms with van der Waals surface area (Å²) in [6.07, 6.45) is 0. The Morgan fingerprint density at radius 2 is 2.07 bits per heavy atom. The van der Waals surface area contributed by atoms with Gasteiger partial charge >= 0.3 is 0 Å². The third-order valence-corrected chi connectivity index (χ3v) is 4.03. The molecule has 0 N–H and O–H groups in total. The smallest absolute Gasteiger partial charge is 0.123 e. The lowest BCUT2D eigenvalue weighted by Gasteiger charge is -2.07. The van der Waals surface area contributed by atoms with Gasteiger partial charge in [0.1, 0.15) is 5.75 Å². The quantitative estimate of drug-likeness (QED) is 0.576. The molecule has 1 unspecified atom stereocenters. The van der Waals surface area contributed by atoms with Crippen LogP contribution in [-0.2, 0) is 0 Å². The summed E-state index contributed by atoms with van der Waals surface area (Å²) in [6.45, 7) is 0.840. The Hall–Kier alpha value is -0.770. The van der Waals surface area contributed by atoms with Crippen LogP contribution >= 0.6 is 22.6 Å². The van der Waals surface area contributed by atoms with Crippen molar-refractivity contribution >= 4 is 33.4 Å². The normalized spacial score (nSPS) is 18.9. The van der Waals surface area contributed by atoms with Gasteiger partial charge in [-0.05, 0) is 16.8 Å². The van der Waals surface area contributed by atoms with Crippen molar-refractivity contribution < 1.29 is 4.74 Å². The molecule has 2 aromatic rings. The molecule has 1 heterocycles. The minimum atomic E-state index is 0.562. The molecule has 0 radical (unpaired) electrons. The molecule has 2 heteroatoms. The lowest BCUT2D eigenvalue weighted by atomic mass is 9.96. The van der Waals surface area contributed by atoms with Crippen molar-refractivity contribution in [2.24, 2.45) is 0 Å². The van der Waals surface area contributed by atoms with E-state index in [4.69, 9.17) is 4.74 Å². The maximum absolute atomic E-state index is 5.71. The van der Waals surface area contributed by atoms with E-state index in [2.05, 4.69) is 59.0 Å². The van der Waals surface area contributed by atoms with E-state index in [1.807, 2.05) is 0 Å². The van der Waals surface area contributed by atoms with Gasteiger partial charge in [-0.25, -0.2) is 0 Å². The monoisotopic (exact) mass is 310 g/mol. The summed E-state index contributed by atoms with van der Waals surface area (Å²) in [7, 11) is 0. The fourth-order valence-electron chi connectivity index (χ4n) is 2.22. The fraction of sp³-hybridized carbons (Fsp3) is 0.231. The molecule has 0 fully saturated rings. The average Bonchev–Trinajstić information content (AvgIpc) is 2.72. The van der Waals surface area contributed by atoms with Crippen LogP contribution in [-0.4, -0.2) is 11.0 Å². The Labute approximate surface area is 103 Å². The minimum absolute atomic E-state index is 0.562. The lowest BCUT2D eigenvalue weighted by molar-refractivity contribution is 0.339. The summed E-state index contributed by atoms with van der Waals surface area (Å²) in [5, 5.41) is 2.67. The van der Waals surface area contributed by atoms with Gasteiger partial charge in [0.25, 0.3) is 0 Å². The van der Waals surface area contributed by atoms with Crippen LogP contribution in [0.25, 0.3) is 10.8 Å². The number of rotatable bonds is 1. The summed E-state index contributed by atoms with van der Waals surface area (Å²) >= 11 is 2.44. The first kappa shape index (κ1) is 9.46. The molecular weight excluding hydrogens is 299 g/mol. The van der Waals surface area contributed by atoms with E-state index < -0.39 is 0 Å². The Balaban J connectivity index is 2.32. The van der Waals surface area contributed by atoms with Crippen molar-refractivity contribution in [3.63, 3.8) is 0 Å². The highest BCUT2D eigenvalue weighted by atomic mass is 127. The number of hydrogen-bond donors (Lipinski definition) is 0. The molecule has 0 aliphatic carbocycles. The van der Waals surface area contributed by atoms with Gasteiger partial charge in [-0.1, -0.05) is 52.9 Å². The molecule has 1 nitrogen and oxygen atoms in total. The standard InChI is InChI=1S/C13H11IO/c14-7-10-8-15-12-6-5-9-3-1-2-4-11(9)13(10)12/h1-6,10H,7-8H2. The zero-order valence-electron chi connectivity index (χ0n) is 8.24. The lowest BCUT2D eigenvalue weighted by Crippen LogP contribution is -2.01. The van der Waals surface area contributed by atoms with Gasteiger partial charge in [0.2, 0.25) is 0 Å². The van der Waals surface area contributed by atoms with Crippen molar-refractivity contribution in [2.75, 3.05) is 11.0 Å². The maximum Gasteiger partial charge on any atom is 0.123 e. The van der Waals surface area contributed by atoms with Crippen LogP contribution < -0.4 is 4.74 Å². The topological polar surface area (TPSA) is 9.23 Å². The molecule has 15 heavy (non-hydrogen) atoms. The summed E-state index contributed by atoms with van der Waals surface area (Å²) in [6, 6.07) is 12.8. The van der Waals surface area contributed by atoms with Crippen LogP contribution in [0, 0.1) is 0 Å². The average molecular weight is 310 g/mol. The molecule has 1 atom stereocenters. The molecular formula is C13H11IO. The Morgan fingerprint density at radius 3 is 2.93 bits per heavy atom. The van der Waals surface area contributed by atoms with Gasteiger partial charge in [0.05, 0.1) is 6.61 Å². The number of halogens is 1. The number of hydrogen-bond acceptors (Lipinski definition) is 1. The van der Waals surface area contributed by atoms with Crippen LogP contribution in [0.4, 0.5) is 0 Å². The Bertz CT molecular complexity index is 507. The molecule has 3 rings (SSSR count). The molecule has 76 valence electrons. The van der Waals surface area contributed by atoms with Crippen LogP contribution in [0.15, 0.2) is 36.4 Å². The van der Waals surface area contributed by atoms with E-state index in [0.717, 1.165) is 16.8 Å². The first-order valence-corrected chi connectivity index (χ1v) is 6.63. The molecule has 0 saturated heterocycles. The van der Waals surface area contributed by atoms with Gasteiger partial charge in [-0.2, -0.15) is 0 Å². The van der Waals surface area contributed by atoms with Gasteiger partial charge < -0.3 is 4.74 Å². The SMILES string of the molecule is ICC1COc2ccc3ccccc3c21. The van der Waals surface area contributed by atoms with Crippen molar-refractivity contribution in [3.05, 3.63) is 42.0 Å². The highest BCUT2D eigenvalue weighted by molar-refractivity contribution is 14.1. The molecule has 0 amide bonds. The number of benzene rings is 2. The Morgan fingerprint density at radius 1 is 1.20 bits per heavy atom. The zero-order chi connectivity index (χ0) is 10.3. The van der Waals surface area contributed by atoms with E-state index in [9.17, 15) is 0 Å². The van der Waals surface area contributed by atoms with Crippen molar-refractivity contribution in [1.29, 1.82) is 0 Å². The largest absolute Gasteiger partial charge is 0.493 e. The first-order chi connectivity index (χ1) is 7.40. The van der Waals surface area contributed by atoms with Crippen LogP contribution in [0.3, 0.4) is 0 Å². The number of ether oxygens (including phenoxy) is 1. The second-order valence-electron chi connectivity index (χ2n) is 3.86. The van der Waals surface area contributed by atoms with Crippen molar-refractivity contribution in [2.45, 2.75) is 5.92 Å². The third-order valence-electron chi connectivity index (χ3n) is 2.97. The van der Waals surface area contributed by atoms with Crippen LogP contribution in [0.5, 0.6) is 5.75 Å². The molecule has 1 aliphatic rings. The van der Waals surface area contributed by atoms with Gasteiger partial charge in [0, 0.05) is 15.9 Å². The summed E-state index contributed by atoms with van der Waals surface area (Å²) < 4.78 is 6.83. The first-order valence-electron chi connectivity index (χ1n) is 5.10. The number of alkyl halides is 1. The predicted octanol–water partition coefficient (Wildman–Crippen LogP) is 3.75. The summed E-state index contributed by atoms with van der Waals surface area (Å²) in [5.74, 6) is 1.64. The second kappa shape index (κ2) is 3.67. The number of fused-ring (bicyclic) bond motifs is 3. The maximum atomic E-state index is 5.71. The van der Waals surface area contributed by atoms with Crippen LogP contribution in [0.2, 0.25) is 0 Å². The molecule has 0 aromatic heterocycles. The minimum Gasteiger partial charge on any atom is -0.493 e. The van der Waals surface area contributed by atoms with E-state index >= 15 is 0 Å². The van der Waals surface area contributed by atoms with E-state index in [0.29, 0.717) is 5.92 Å². The van der Waals surface area contributed by atoms with Crippen LogP contribution in [0.1, 0.15) is 11.5 Å². The van der Waals surface area contributed by atoms with Crippen molar-refractivity contribution in [1.82, 2.24) is 0 Å². The predicted molar refractivity (Wildman–Crippen MR) is 71.1 cm³/mol. The van der Waals surface area contributed by atoms with E-state index in [1.165, 1.54) is 16.3 Å².